The van der Waals surface area contributed by atoms with Crippen LogP contribution in [0.25, 0.3) is 5.69 Å². The van der Waals surface area contributed by atoms with Crippen molar-refractivity contribution in [2.75, 3.05) is 13.1 Å². The second-order valence-corrected chi connectivity index (χ2v) is 7.10. The Kier molecular flexibility index (Phi) is 6.74. The van der Waals surface area contributed by atoms with Gasteiger partial charge < -0.3 is 10.6 Å². The molecule has 1 fully saturated rings. The van der Waals surface area contributed by atoms with E-state index in [9.17, 15) is 4.79 Å². The first-order valence-corrected chi connectivity index (χ1v) is 8.76. The predicted molar refractivity (Wildman–Crippen MR) is 103 cm³/mol. The highest BCUT2D eigenvalue weighted by Gasteiger charge is 2.26. The van der Waals surface area contributed by atoms with Crippen LogP contribution in [0.5, 0.6) is 0 Å². The van der Waals surface area contributed by atoms with Crippen LogP contribution in [0.3, 0.4) is 0 Å². The van der Waals surface area contributed by atoms with Crippen molar-refractivity contribution >= 4 is 41.5 Å². The van der Waals surface area contributed by atoms with E-state index in [0.717, 1.165) is 25.9 Å². The van der Waals surface area contributed by atoms with E-state index in [2.05, 4.69) is 5.10 Å². The van der Waals surface area contributed by atoms with Gasteiger partial charge in [0.2, 0.25) is 0 Å². The largest absolute Gasteiger partial charge is 0.339 e. The highest BCUT2D eigenvalue weighted by molar-refractivity contribution is 6.35. The van der Waals surface area contributed by atoms with Crippen LogP contribution < -0.4 is 5.73 Å². The van der Waals surface area contributed by atoms with Gasteiger partial charge in [-0.15, -0.1) is 12.4 Å². The fourth-order valence-electron chi connectivity index (χ4n) is 3.04. The Morgan fingerprint density at radius 2 is 2.00 bits per heavy atom. The fraction of sp³-hybridized carbons (Fsp3) is 0.412. The van der Waals surface area contributed by atoms with Crippen molar-refractivity contribution < 1.29 is 4.79 Å². The van der Waals surface area contributed by atoms with Crippen molar-refractivity contribution in [2.45, 2.75) is 25.8 Å². The van der Waals surface area contributed by atoms with Crippen LogP contribution in [0.2, 0.25) is 10.0 Å². The van der Waals surface area contributed by atoms with E-state index >= 15 is 0 Å². The third-order valence-corrected chi connectivity index (χ3v) is 5.09. The van der Waals surface area contributed by atoms with Gasteiger partial charge in [0.1, 0.15) is 0 Å². The summed E-state index contributed by atoms with van der Waals surface area (Å²) in [4.78, 5) is 14.5. The molecule has 0 aliphatic carbocycles. The summed E-state index contributed by atoms with van der Waals surface area (Å²) in [5, 5.41) is 5.31. The number of carbonyl (C=O) groups is 1. The summed E-state index contributed by atoms with van der Waals surface area (Å²) >= 11 is 12.1. The van der Waals surface area contributed by atoms with Crippen LogP contribution in [0.1, 0.15) is 30.1 Å². The summed E-state index contributed by atoms with van der Waals surface area (Å²) in [6.45, 7) is 3.50. The van der Waals surface area contributed by atoms with Gasteiger partial charge in [-0.1, -0.05) is 23.2 Å². The standard InChI is InChI=1S/C17H20Cl2N4O.ClH/c1-11(20)12-4-6-22(7-5-12)17(24)13-9-21-23(10-13)16-3-2-14(18)8-15(16)19;/h2-3,8-12H,4-7,20H2,1H3;1H. The molecule has 1 aromatic carbocycles. The molecule has 1 aromatic heterocycles. The molecule has 2 N–H and O–H groups in total. The maximum Gasteiger partial charge on any atom is 0.257 e. The number of carbonyl (C=O) groups excluding carboxylic acids is 1. The van der Waals surface area contributed by atoms with E-state index < -0.39 is 0 Å². The molecule has 1 amide bonds. The molecule has 3 rings (SSSR count). The molecular weight excluding hydrogens is 383 g/mol. The fourth-order valence-corrected chi connectivity index (χ4v) is 3.54. The average Bonchev–Trinajstić information content (AvgIpc) is 3.04. The molecule has 8 heteroatoms. The number of rotatable bonds is 3. The van der Waals surface area contributed by atoms with Crippen molar-refractivity contribution in [1.29, 1.82) is 0 Å². The van der Waals surface area contributed by atoms with Gasteiger partial charge in [-0.3, -0.25) is 4.79 Å². The van der Waals surface area contributed by atoms with E-state index in [1.165, 1.54) is 0 Å². The Morgan fingerprint density at radius 3 is 2.60 bits per heavy atom. The summed E-state index contributed by atoms with van der Waals surface area (Å²) in [6.07, 6.45) is 5.17. The molecule has 1 aliphatic heterocycles. The predicted octanol–water partition coefficient (Wildman–Crippen LogP) is 3.80. The Balaban J connectivity index is 0.00000225. The van der Waals surface area contributed by atoms with E-state index in [4.69, 9.17) is 28.9 Å². The maximum atomic E-state index is 12.6. The lowest BCUT2D eigenvalue weighted by Crippen LogP contribution is -2.42. The number of amides is 1. The van der Waals surface area contributed by atoms with E-state index in [1.54, 1.807) is 35.3 Å². The molecule has 2 heterocycles. The van der Waals surface area contributed by atoms with Crippen LogP contribution >= 0.6 is 35.6 Å². The molecule has 0 spiro atoms. The monoisotopic (exact) mass is 402 g/mol. The third kappa shape index (κ3) is 4.47. The second-order valence-electron chi connectivity index (χ2n) is 6.26. The van der Waals surface area contributed by atoms with Crippen molar-refractivity contribution in [3.63, 3.8) is 0 Å². The first-order valence-electron chi connectivity index (χ1n) is 8.00. The second kappa shape index (κ2) is 8.41. The van der Waals surface area contributed by atoms with Gasteiger partial charge in [0.05, 0.1) is 22.5 Å². The first-order chi connectivity index (χ1) is 11.5. The van der Waals surface area contributed by atoms with Crippen LogP contribution in [-0.4, -0.2) is 39.7 Å². The minimum Gasteiger partial charge on any atom is -0.339 e. The van der Waals surface area contributed by atoms with Crippen molar-refractivity contribution in [1.82, 2.24) is 14.7 Å². The van der Waals surface area contributed by atoms with E-state index in [1.807, 2.05) is 11.8 Å². The Labute approximate surface area is 163 Å². The summed E-state index contributed by atoms with van der Waals surface area (Å²) < 4.78 is 1.60. The smallest absolute Gasteiger partial charge is 0.257 e. The number of piperidine rings is 1. The summed E-state index contributed by atoms with van der Waals surface area (Å²) in [7, 11) is 0. The molecule has 5 nitrogen and oxygen atoms in total. The van der Waals surface area contributed by atoms with Crippen LogP contribution in [-0.2, 0) is 0 Å². The van der Waals surface area contributed by atoms with Gasteiger partial charge in [-0.25, -0.2) is 4.68 Å². The molecule has 1 atom stereocenters. The van der Waals surface area contributed by atoms with E-state index in [0.29, 0.717) is 27.2 Å². The number of benzene rings is 1. The lowest BCUT2D eigenvalue weighted by molar-refractivity contribution is 0.0681. The SMILES string of the molecule is CC(N)C1CCN(C(=O)c2cnn(-c3ccc(Cl)cc3Cl)c2)CC1.Cl. The van der Waals surface area contributed by atoms with Gasteiger partial charge in [-0.05, 0) is 43.9 Å². The van der Waals surface area contributed by atoms with Crippen LogP contribution in [0.4, 0.5) is 0 Å². The van der Waals surface area contributed by atoms with Crippen molar-refractivity contribution in [3.05, 3.63) is 46.2 Å². The number of nitrogens with zero attached hydrogens (tertiary/aromatic N) is 3. The highest BCUT2D eigenvalue weighted by atomic mass is 35.5. The zero-order chi connectivity index (χ0) is 17.3. The van der Waals surface area contributed by atoms with E-state index in [-0.39, 0.29) is 24.4 Å². The van der Waals surface area contributed by atoms with Gasteiger partial charge >= 0.3 is 0 Å². The topological polar surface area (TPSA) is 64.2 Å². The third-order valence-electron chi connectivity index (χ3n) is 4.56. The van der Waals surface area contributed by atoms with Crippen molar-refractivity contribution in [2.24, 2.45) is 11.7 Å². The number of hydrogen-bond donors (Lipinski definition) is 1. The highest BCUT2D eigenvalue weighted by Crippen LogP contribution is 2.25. The number of nitrogens with two attached hydrogens (primary N) is 1. The van der Waals surface area contributed by atoms with Gasteiger partial charge in [0, 0.05) is 30.4 Å². The number of halogens is 3. The number of likely N-dealkylation sites (tertiary alicyclic amines) is 1. The first kappa shape index (κ1) is 20.0. The zero-order valence-corrected chi connectivity index (χ0v) is 16.2. The molecule has 2 aromatic rings. The number of hydrogen-bond acceptors (Lipinski definition) is 3. The Morgan fingerprint density at radius 1 is 1.32 bits per heavy atom. The molecule has 136 valence electrons. The lowest BCUT2D eigenvalue weighted by atomic mass is 9.91. The lowest BCUT2D eigenvalue weighted by Gasteiger charge is -2.33. The molecule has 0 saturated carbocycles. The molecule has 1 aliphatic rings. The molecule has 0 bridgehead atoms. The average molecular weight is 404 g/mol. The zero-order valence-electron chi connectivity index (χ0n) is 13.9. The summed E-state index contributed by atoms with van der Waals surface area (Å²) in [5.41, 5.74) is 7.20. The minimum absolute atomic E-state index is 0. The van der Waals surface area contributed by atoms with Gasteiger partial charge in [0.15, 0.2) is 0 Å². The molecule has 1 unspecified atom stereocenters. The molecule has 25 heavy (non-hydrogen) atoms. The van der Waals surface area contributed by atoms with Crippen LogP contribution in [0, 0.1) is 5.92 Å². The van der Waals surface area contributed by atoms with Crippen molar-refractivity contribution in [3.8, 4) is 5.69 Å². The maximum absolute atomic E-state index is 12.6. The summed E-state index contributed by atoms with van der Waals surface area (Å²) in [5.74, 6) is 0.485. The number of aromatic nitrogens is 2. The Bertz CT molecular complexity index is 739. The quantitative estimate of drug-likeness (QED) is 0.847. The molecule has 0 radical (unpaired) electrons. The summed E-state index contributed by atoms with van der Waals surface area (Å²) in [6, 6.07) is 5.35. The van der Waals surface area contributed by atoms with Gasteiger partial charge in [-0.2, -0.15) is 5.10 Å². The van der Waals surface area contributed by atoms with Gasteiger partial charge in [0.25, 0.3) is 5.91 Å². The van der Waals surface area contributed by atoms with Crippen LogP contribution in [0.15, 0.2) is 30.6 Å². The minimum atomic E-state index is -0.00513. The Hall–Kier alpha value is -1.27. The molecule has 1 saturated heterocycles. The molecular formula is C17H21Cl3N4O. The normalized spacial score (nSPS) is 16.4.